The zero-order chi connectivity index (χ0) is 9.38. The second-order valence-corrected chi connectivity index (χ2v) is 3.03. The summed E-state index contributed by atoms with van der Waals surface area (Å²) in [6.45, 7) is 0. The van der Waals surface area contributed by atoms with E-state index in [1.54, 1.807) is 11.1 Å². The SMILES string of the molecule is c1ccc2c(c1)ccn2-n1cncn1. The number of hydrogen-bond donors (Lipinski definition) is 0. The van der Waals surface area contributed by atoms with E-state index in [1.165, 1.54) is 11.7 Å². The highest BCUT2D eigenvalue weighted by atomic mass is 15.6. The third kappa shape index (κ3) is 0.939. The van der Waals surface area contributed by atoms with Crippen LogP contribution < -0.4 is 0 Å². The zero-order valence-electron chi connectivity index (χ0n) is 7.41. The lowest BCUT2D eigenvalue weighted by Gasteiger charge is -2.02. The summed E-state index contributed by atoms with van der Waals surface area (Å²) in [6, 6.07) is 10.2. The molecule has 0 saturated heterocycles. The van der Waals surface area contributed by atoms with Crippen molar-refractivity contribution in [2.75, 3.05) is 0 Å². The third-order valence-electron chi connectivity index (χ3n) is 2.21. The predicted molar refractivity (Wildman–Crippen MR) is 52.8 cm³/mol. The van der Waals surface area contributed by atoms with Gasteiger partial charge in [-0.3, -0.25) is 0 Å². The van der Waals surface area contributed by atoms with Crippen LogP contribution in [0, 0.1) is 0 Å². The molecule has 0 saturated carbocycles. The van der Waals surface area contributed by atoms with Crippen molar-refractivity contribution in [3.05, 3.63) is 49.2 Å². The van der Waals surface area contributed by atoms with Crippen molar-refractivity contribution in [1.82, 2.24) is 19.5 Å². The van der Waals surface area contributed by atoms with E-state index in [4.69, 9.17) is 0 Å². The van der Waals surface area contributed by atoms with Crippen molar-refractivity contribution in [3.63, 3.8) is 0 Å². The fourth-order valence-corrected chi connectivity index (χ4v) is 1.56. The summed E-state index contributed by atoms with van der Waals surface area (Å²) < 4.78 is 1.95. The minimum absolute atomic E-state index is 1.12. The molecule has 68 valence electrons. The van der Waals surface area contributed by atoms with E-state index in [-0.39, 0.29) is 0 Å². The number of rotatable bonds is 1. The van der Waals surface area contributed by atoms with Crippen molar-refractivity contribution in [3.8, 4) is 0 Å². The van der Waals surface area contributed by atoms with Crippen molar-refractivity contribution in [1.29, 1.82) is 0 Å². The molecule has 14 heavy (non-hydrogen) atoms. The summed E-state index contributed by atoms with van der Waals surface area (Å²) in [6.07, 6.45) is 5.17. The molecule has 0 aliphatic rings. The number of fused-ring (bicyclic) bond motifs is 1. The van der Waals surface area contributed by atoms with Gasteiger partial charge in [0, 0.05) is 11.6 Å². The van der Waals surface area contributed by atoms with Crippen LogP contribution in [-0.4, -0.2) is 19.5 Å². The van der Waals surface area contributed by atoms with Gasteiger partial charge < -0.3 is 0 Å². The molecule has 0 aliphatic carbocycles. The number of aromatic nitrogens is 4. The molecule has 2 aromatic heterocycles. The molecule has 0 atom stereocenters. The Labute approximate surface area is 80.4 Å². The summed E-state index contributed by atoms with van der Waals surface area (Å²) in [5.41, 5.74) is 1.12. The maximum atomic E-state index is 4.08. The van der Waals surface area contributed by atoms with Gasteiger partial charge in [0.05, 0.1) is 5.52 Å². The van der Waals surface area contributed by atoms with Crippen LogP contribution in [0.25, 0.3) is 10.9 Å². The summed E-state index contributed by atoms with van der Waals surface area (Å²) in [5.74, 6) is 0. The highest BCUT2D eigenvalue weighted by Gasteiger charge is 2.00. The highest BCUT2D eigenvalue weighted by molar-refractivity contribution is 5.79. The van der Waals surface area contributed by atoms with Crippen molar-refractivity contribution < 1.29 is 0 Å². The summed E-state index contributed by atoms with van der Waals surface area (Å²) in [7, 11) is 0. The minimum Gasteiger partial charge on any atom is -0.239 e. The normalized spacial score (nSPS) is 10.9. The summed E-state index contributed by atoms with van der Waals surface area (Å²) >= 11 is 0. The maximum Gasteiger partial charge on any atom is 0.139 e. The van der Waals surface area contributed by atoms with Crippen LogP contribution >= 0.6 is 0 Å². The molecule has 2 heterocycles. The molecule has 0 radical (unpaired) electrons. The first-order valence-corrected chi connectivity index (χ1v) is 4.36. The van der Waals surface area contributed by atoms with Gasteiger partial charge in [-0.1, -0.05) is 18.2 Å². The Balaban J connectivity index is 2.33. The first-order valence-electron chi connectivity index (χ1n) is 4.36. The Kier molecular flexibility index (Phi) is 1.41. The summed E-state index contributed by atoms with van der Waals surface area (Å²) in [4.78, 5) is 5.61. The van der Waals surface area contributed by atoms with Gasteiger partial charge in [0.25, 0.3) is 0 Å². The lowest BCUT2D eigenvalue weighted by atomic mass is 10.3. The van der Waals surface area contributed by atoms with Crippen molar-refractivity contribution in [2.24, 2.45) is 0 Å². The van der Waals surface area contributed by atoms with Gasteiger partial charge in [-0.2, -0.15) is 4.79 Å². The Hall–Kier alpha value is -2.10. The fourth-order valence-electron chi connectivity index (χ4n) is 1.56. The molecule has 0 spiro atoms. The molecular weight excluding hydrogens is 176 g/mol. The van der Waals surface area contributed by atoms with Crippen molar-refractivity contribution >= 4 is 10.9 Å². The molecule has 0 unspecified atom stereocenters. The first-order chi connectivity index (χ1) is 6.95. The quantitative estimate of drug-likeness (QED) is 0.575. The fraction of sp³-hybridized carbons (Fsp3) is 0. The third-order valence-corrected chi connectivity index (χ3v) is 2.21. The largest absolute Gasteiger partial charge is 0.239 e. The molecule has 3 rings (SSSR count). The average Bonchev–Trinajstić information content (AvgIpc) is 2.85. The molecule has 0 N–H and O–H groups in total. The monoisotopic (exact) mass is 184 g/mol. The molecule has 4 nitrogen and oxygen atoms in total. The second kappa shape index (κ2) is 2.70. The number of para-hydroxylation sites is 1. The van der Waals surface area contributed by atoms with Crippen LogP contribution in [0.15, 0.2) is 49.2 Å². The molecule has 0 fully saturated rings. The average molecular weight is 184 g/mol. The van der Waals surface area contributed by atoms with E-state index in [0.29, 0.717) is 0 Å². The smallest absolute Gasteiger partial charge is 0.139 e. The molecular formula is C10H8N4. The van der Waals surface area contributed by atoms with Gasteiger partial charge in [-0.25, -0.2) is 9.66 Å². The molecule has 4 heteroatoms. The van der Waals surface area contributed by atoms with Gasteiger partial charge >= 0.3 is 0 Å². The standard InChI is InChI=1S/C10H8N4/c1-2-4-10-9(3-1)5-6-13(10)14-8-11-7-12-14/h1-8H. The van der Waals surface area contributed by atoms with E-state index in [0.717, 1.165) is 5.52 Å². The minimum atomic E-state index is 1.12. The van der Waals surface area contributed by atoms with Crippen LogP contribution in [0.1, 0.15) is 0 Å². The molecule has 0 bridgehead atoms. The molecule has 3 aromatic rings. The van der Waals surface area contributed by atoms with Gasteiger partial charge in [0.2, 0.25) is 0 Å². The van der Waals surface area contributed by atoms with E-state index < -0.39 is 0 Å². The Morgan fingerprint density at radius 2 is 2.00 bits per heavy atom. The van der Waals surface area contributed by atoms with Gasteiger partial charge in [-0.15, -0.1) is 5.10 Å². The van der Waals surface area contributed by atoms with E-state index in [2.05, 4.69) is 28.3 Å². The van der Waals surface area contributed by atoms with Gasteiger partial charge in [0.15, 0.2) is 0 Å². The van der Waals surface area contributed by atoms with Crippen LogP contribution in [0.5, 0.6) is 0 Å². The second-order valence-electron chi connectivity index (χ2n) is 3.03. The van der Waals surface area contributed by atoms with Crippen molar-refractivity contribution in [2.45, 2.75) is 0 Å². The topological polar surface area (TPSA) is 35.6 Å². The van der Waals surface area contributed by atoms with Crippen LogP contribution in [0.4, 0.5) is 0 Å². The zero-order valence-corrected chi connectivity index (χ0v) is 7.41. The Bertz CT molecular complexity index is 550. The predicted octanol–water partition coefficient (Wildman–Crippen LogP) is 1.54. The summed E-state index contributed by atoms with van der Waals surface area (Å²) in [5, 5.41) is 5.27. The lowest BCUT2D eigenvalue weighted by Crippen LogP contribution is -2.07. The van der Waals surface area contributed by atoms with E-state index in [1.807, 2.05) is 23.0 Å². The lowest BCUT2D eigenvalue weighted by molar-refractivity contribution is 0.594. The molecule has 1 aromatic carbocycles. The molecule has 0 amide bonds. The maximum absolute atomic E-state index is 4.08. The number of hydrogen-bond acceptors (Lipinski definition) is 2. The first kappa shape index (κ1) is 7.32. The number of benzene rings is 1. The van der Waals surface area contributed by atoms with Gasteiger partial charge in [0.1, 0.15) is 12.7 Å². The highest BCUT2D eigenvalue weighted by Crippen LogP contribution is 2.14. The van der Waals surface area contributed by atoms with Crippen LogP contribution in [0.2, 0.25) is 0 Å². The number of nitrogens with zero attached hydrogens (tertiary/aromatic N) is 4. The van der Waals surface area contributed by atoms with Crippen LogP contribution in [-0.2, 0) is 0 Å². The molecule has 0 aliphatic heterocycles. The Morgan fingerprint density at radius 3 is 2.86 bits per heavy atom. The van der Waals surface area contributed by atoms with E-state index >= 15 is 0 Å². The van der Waals surface area contributed by atoms with Crippen LogP contribution in [0.3, 0.4) is 0 Å². The van der Waals surface area contributed by atoms with E-state index in [9.17, 15) is 0 Å². The van der Waals surface area contributed by atoms with Gasteiger partial charge in [-0.05, 0) is 12.1 Å². The Morgan fingerprint density at radius 1 is 1.07 bits per heavy atom.